The van der Waals surface area contributed by atoms with Crippen molar-refractivity contribution < 1.29 is 9.59 Å². The van der Waals surface area contributed by atoms with E-state index >= 15 is 0 Å². The molecule has 2 aromatic carbocycles. The highest BCUT2D eigenvalue weighted by atomic mass is 79.9. The molecule has 6 nitrogen and oxygen atoms in total. The molecule has 1 atom stereocenters. The number of nitrogens with zero attached hydrogens (tertiary/aromatic N) is 2. The number of hydrogen-bond donors (Lipinski definition) is 2. The molecule has 0 bridgehead atoms. The largest absolute Gasteiger partial charge is 0.342 e. The Labute approximate surface area is 200 Å². The highest BCUT2D eigenvalue weighted by Gasteiger charge is 2.22. The van der Waals surface area contributed by atoms with E-state index in [4.69, 9.17) is 11.6 Å². The van der Waals surface area contributed by atoms with E-state index in [1.807, 2.05) is 24.3 Å². The first kappa shape index (κ1) is 22.6. The molecular weight excluding hydrogens is 492 g/mol. The van der Waals surface area contributed by atoms with Crippen LogP contribution in [0.5, 0.6) is 0 Å². The molecule has 166 valence electrons. The van der Waals surface area contributed by atoms with Gasteiger partial charge in [0.2, 0.25) is 0 Å². The molecule has 2 N–H and O–H groups in total. The lowest BCUT2D eigenvalue weighted by Gasteiger charge is -2.18. The van der Waals surface area contributed by atoms with E-state index in [1.165, 1.54) is 0 Å². The van der Waals surface area contributed by atoms with Crippen molar-refractivity contribution in [3.05, 3.63) is 75.0 Å². The van der Waals surface area contributed by atoms with Gasteiger partial charge in [0.1, 0.15) is 5.82 Å². The maximum Gasteiger partial charge on any atom is 0.255 e. The fourth-order valence-corrected chi connectivity index (χ4v) is 4.45. The van der Waals surface area contributed by atoms with E-state index < -0.39 is 0 Å². The molecule has 1 aliphatic heterocycles. The minimum absolute atomic E-state index is 0.0596. The Balaban J connectivity index is 1.53. The van der Waals surface area contributed by atoms with Gasteiger partial charge in [-0.3, -0.25) is 9.59 Å². The van der Waals surface area contributed by atoms with Crippen molar-refractivity contribution in [3.8, 4) is 0 Å². The fraction of sp³-hybridized carbons (Fsp3) is 0.292. The smallest absolute Gasteiger partial charge is 0.255 e. The van der Waals surface area contributed by atoms with Crippen molar-refractivity contribution >= 4 is 50.4 Å². The fourth-order valence-electron chi connectivity index (χ4n) is 3.73. The van der Waals surface area contributed by atoms with Gasteiger partial charge in [0.05, 0.1) is 22.6 Å². The molecule has 1 aromatic heterocycles. The average Bonchev–Trinajstić information content (AvgIpc) is 3.45. The van der Waals surface area contributed by atoms with Gasteiger partial charge in [-0.2, -0.15) is 0 Å². The van der Waals surface area contributed by atoms with Gasteiger partial charge in [0, 0.05) is 28.1 Å². The predicted molar refractivity (Wildman–Crippen MR) is 130 cm³/mol. The number of rotatable bonds is 7. The number of carbonyl (C=O) groups excluding carboxylic acids is 2. The Bertz CT molecular complexity index is 1180. The van der Waals surface area contributed by atoms with Crippen LogP contribution in [-0.2, 0) is 0 Å². The van der Waals surface area contributed by atoms with Crippen LogP contribution in [0.2, 0.25) is 5.02 Å². The summed E-state index contributed by atoms with van der Waals surface area (Å²) >= 11 is 9.56. The summed E-state index contributed by atoms with van der Waals surface area (Å²) in [4.78, 5) is 35.4. The summed E-state index contributed by atoms with van der Waals surface area (Å²) in [6.07, 6.45) is 6.65. The summed E-state index contributed by atoms with van der Waals surface area (Å²) in [5.74, 6) is 0.430. The van der Waals surface area contributed by atoms with Crippen molar-refractivity contribution in [1.82, 2.24) is 20.2 Å². The van der Waals surface area contributed by atoms with Crippen LogP contribution in [0, 0.1) is 0 Å². The van der Waals surface area contributed by atoms with Crippen LogP contribution >= 0.6 is 27.5 Å². The molecule has 8 heteroatoms. The minimum Gasteiger partial charge on any atom is -0.342 e. The summed E-state index contributed by atoms with van der Waals surface area (Å²) in [6.45, 7) is 3.32. The summed E-state index contributed by atoms with van der Waals surface area (Å²) in [6, 6.07) is 10.3. The maximum atomic E-state index is 13.1. The number of benzene rings is 2. The standard InChI is InChI=1S/C24H24BrClN4O2/c1-2-3-6-20(22-27-19-10-8-16(26)14-21(19)28-22)29-23(31)15-7-9-17(18(25)13-15)24(32)30-11-4-5-12-30/h4-5,7-10,13-14,20H,2-3,6,11-12H2,1H3,(H,27,28)(H,29,31)/t20-/m0/s1. The third-order valence-electron chi connectivity index (χ3n) is 5.51. The van der Waals surface area contributed by atoms with Gasteiger partial charge < -0.3 is 15.2 Å². The molecule has 32 heavy (non-hydrogen) atoms. The van der Waals surface area contributed by atoms with Gasteiger partial charge in [0.15, 0.2) is 0 Å². The third-order valence-corrected chi connectivity index (χ3v) is 6.40. The second-order valence-corrected chi connectivity index (χ2v) is 9.12. The van der Waals surface area contributed by atoms with Gasteiger partial charge in [0.25, 0.3) is 11.8 Å². The van der Waals surface area contributed by atoms with Crippen LogP contribution in [0.1, 0.15) is 58.8 Å². The number of nitrogens with one attached hydrogen (secondary N) is 2. The molecule has 0 fully saturated rings. The Morgan fingerprint density at radius 3 is 2.72 bits per heavy atom. The van der Waals surface area contributed by atoms with Crippen LogP contribution in [0.25, 0.3) is 11.0 Å². The second-order valence-electron chi connectivity index (χ2n) is 7.83. The van der Waals surface area contributed by atoms with Gasteiger partial charge in [-0.15, -0.1) is 0 Å². The van der Waals surface area contributed by atoms with E-state index in [0.29, 0.717) is 39.5 Å². The van der Waals surface area contributed by atoms with Crippen LogP contribution in [0.15, 0.2) is 53.0 Å². The van der Waals surface area contributed by atoms with Crippen molar-refractivity contribution in [2.75, 3.05) is 13.1 Å². The van der Waals surface area contributed by atoms with Crippen molar-refractivity contribution in [1.29, 1.82) is 0 Å². The SMILES string of the molecule is CCCC[C@H](NC(=O)c1ccc(C(=O)N2CC=CC2)c(Br)c1)c1nc2cc(Cl)ccc2[nH]1. The van der Waals surface area contributed by atoms with E-state index in [-0.39, 0.29) is 17.9 Å². The number of halogens is 2. The van der Waals surface area contributed by atoms with Gasteiger partial charge in [-0.1, -0.05) is 43.5 Å². The van der Waals surface area contributed by atoms with Gasteiger partial charge in [-0.05, 0) is 58.7 Å². The molecule has 0 saturated heterocycles. The monoisotopic (exact) mass is 514 g/mol. The number of fused-ring (bicyclic) bond motifs is 1. The molecule has 1 aliphatic rings. The van der Waals surface area contributed by atoms with Gasteiger partial charge >= 0.3 is 0 Å². The Morgan fingerprint density at radius 1 is 1.22 bits per heavy atom. The van der Waals surface area contributed by atoms with Crippen molar-refractivity contribution in [2.45, 2.75) is 32.2 Å². The number of imidazole rings is 1. The summed E-state index contributed by atoms with van der Waals surface area (Å²) in [5, 5.41) is 3.72. The zero-order chi connectivity index (χ0) is 22.7. The number of carbonyl (C=O) groups is 2. The number of amides is 2. The molecule has 2 heterocycles. The Hall–Kier alpha value is -2.64. The van der Waals surface area contributed by atoms with Gasteiger partial charge in [-0.25, -0.2) is 4.98 Å². The van der Waals surface area contributed by atoms with Crippen molar-refractivity contribution in [3.63, 3.8) is 0 Å². The number of aromatic nitrogens is 2. The third kappa shape index (κ3) is 4.89. The lowest BCUT2D eigenvalue weighted by atomic mass is 10.1. The van der Waals surface area contributed by atoms with Crippen LogP contribution < -0.4 is 5.32 Å². The second kappa shape index (κ2) is 9.88. The lowest BCUT2D eigenvalue weighted by molar-refractivity contribution is 0.0798. The zero-order valence-electron chi connectivity index (χ0n) is 17.7. The highest BCUT2D eigenvalue weighted by Crippen LogP contribution is 2.25. The first-order chi connectivity index (χ1) is 15.5. The Morgan fingerprint density at radius 2 is 2.00 bits per heavy atom. The molecule has 2 amide bonds. The lowest BCUT2D eigenvalue weighted by Crippen LogP contribution is -2.30. The normalized spacial score (nSPS) is 14.2. The molecule has 0 radical (unpaired) electrons. The van der Waals surface area contributed by atoms with E-state index in [0.717, 1.165) is 30.3 Å². The molecule has 0 spiro atoms. The number of hydrogen-bond acceptors (Lipinski definition) is 3. The van der Waals surface area contributed by atoms with Crippen LogP contribution in [0.3, 0.4) is 0 Å². The molecule has 0 saturated carbocycles. The minimum atomic E-state index is -0.260. The molecular formula is C24H24BrClN4O2. The summed E-state index contributed by atoms with van der Waals surface area (Å²) in [5.41, 5.74) is 2.67. The average molecular weight is 516 g/mol. The predicted octanol–water partition coefficient (Wildman–Crippen LogP) is 5.65. The maximum absolute atomic E-state index is 13.1. The number of H-pyrrole nitrogens is 1. The number of aromatic amines is 1. The quantitative estimate of drug-likeness (QED) is 0.399. The first-order valence-corrected chi connectivity index (χ1v) is 11.8. The van der Waals surface area contributed by atoms with E-state index in [1.54, 1.807) is 29.2 Å². The summed E-state index contributed by atoms with van der Waals surface area (Å²) in [7, 11) is 0. The van der Waals surface area contributed by atoms with Crippen LogP contribution in [-0.4, -0.2) is 39.8 Å². The zero-order valence-corrected chi connectivity index (χ0v) is 20.0. The molecule has 0 unspecified atom stereocenters. The summed E-state index contributed by atoms with van der Waals surface area (Å²) < 4.78 is 0.602. The highest BCUT2D eigenvalue weighted by molar-refractivity contribution is 9.10. The molecule has 3 aromatic rings. The van der Waals surface area contributed by atoms with Crippen molar-refractivity contribution in [2.24, 2.45) is 0 Å². The topological polar surface area (TPSA) is 78.1 Å². The van der Waals surface area contributed by atoms with Crippen LogP contribution in [0.4, 0.5) is 0 Å². The first-order valence-electron chi connectivity index (χ1n) is 10.7. The van der Waals surface area contributed by atoms with E-state index in [2.05, 4.69) is 38.1 Å². The molecule has 0 aliphatic carbocycles. The number of unbranched alkanes of at least 4 members (excludes halogenated alkanes) is 1. The molecule has 4 rings (SSSR count). The van der Waals surface area contributed by atoms with E-state index in [9.17, 15) is 9.59 Å². The Kier molecular flexibility index (Phi) is 6.96.